The molecule has 20 heavy (non-hydrogen) atoms. The molecule has 2 aromatic rings. The van der Waals surface area contributed by atoms with Gasteiger partial charge in [-0.3, -0.25) is 0 Å². The average Bonchev–Trinajstić information content (AvgIpc) is 2.42. The van der Waals surface area contributed by atoms with E-state index in [1.54, 1.807) is 12.1 Å². The van der Waals surface area contributed by atoms with Crippen LogP contribution in [0.25, 0.3) is 0 Å². The zero-order valence-corrected chi connectivity index (χ0v) is 12.2. The fourth-order valence-corrected chi connectivity index (χ4v) is 2.19. The highest BCUT2D eigenvalue weighted by Gasteiger charge is 2.06. The molecule has 2 nitrogen and oxygen atoms in total. The van der Waals surface area contributed by atoms with Crippen molar-refractivity contribution >= 4 is 0 Å². The Morgan fingerprint density at radius 2 is 1.85 bits per heavy atom. The molecule has 3 heteroatoms. The highest BCUT2D eigenvalue weighted by Crippen LogP contribution is 2.24. The number of aryl methyl sites for hydroxylation is 2. The SMILES string of the molecule is Cc1cc(C)c(C)c(OCc2ccc(F)c(CN)c2)c1. The molecule has 0 aliphatic rings. The minimum atomic E-state index is -0.265. The maximum absolute atomic E-state index is 13.4. The van der Waals surface area contributed by atoms with Crippen LogP contribution in [-0.2, 0) is 13.2 Å². The zero-order chi connectivity index (χ0) is 14.7. The molecular formula is C17H20FNO. The van der Waals surface area contributed by atoms with Crippen LogP contribution in [0.3, 0.4) is 0 Å². The van der Waals surface area contributed by atoms with Crippen LogP contribution in [0.2, 0.25) is 0 Å². The smallest absolute Gasteiger partial charge is 0.127 e. The fourth-order valence-electron chi connectivity index (χ4n) is 2.19. The van der Waals surface area contributed by atoms with Gasteiger partial charge in [-0.1, -0.05) is 12.1 Å². The molecule has 0 aromatic heterocycles. The third kappa shape index (κ3) is 3.17. The molecule has 0 heterocycles. The lowest BCUT2D eigenvalue weighted by molar-refractivity contribution is 0.303. The summed E-state index contributed by atoms with van der Waals surface area (Å²) in [5.74, 6) is 0.611. The molecule has 0 spiro atoms. The van der Waals surface area contributed by atoms with Crippen LogP contribution in [-0.4, -0.2) is 0 Å². The van der Waals surface area contributed by atoms with Crippen molar-refractivity contribution in [2.24, 2.45) is 5.73 Å². The van der Waals surface area contributed by atoms with Crippen LogP contribution in [0.1, 0.15) is 27.8 Å². The second-order valence-electron chi connectivity index (χ2n) is 5.12. The summed E-state index contributed by atoms with van der Waals surface area (Å²) in [7, 11) is 0. The molecule has 0 saturated heterocycles. The third-order valence-corrected chi connectivity index (χ3v) is 3.49. The largest absolute Gasteiger partial charge is 0.489 e. The van der Waals surface area contributed by atoms with Crippen LogP contribution >= 0.6 is 0 Å². The summed E-state index contributed by atoms with van der Waals surface area (Å²) in [6, 6.07) is 9.08. The minimum absolute atomic E-state index is 0.197. The van der Waals surface area contributed by atoms with E-state index >= 15 is 0 Å². The molecule has 106 valence electrons. The second-order valence-corrected chi connectivity index (χ2v) is 5.12. The van der Waals surface area contributed by atoms with Crippen molar-refractivity contribution < 1.29 is 9.13 Å². The van der Waals surface area contributed by atoms with Crippen molar-refractivity contribution in [3.05, 3.63) is 64.0 Å². The summed E-state index contributed by atoms with van der Waals surface area (Å²) in [4.78, 5) is 0. The Hall–Kier alpha value is -1.87. The van der Waals surface area contributed by atoms with Crippen molar-refractivity contribution in [3.8, 4) is 5.75 Å². The van der Waals surface area contributed by atoms with Crippen LogP contribution in [0, 0.1) is 26.6 Å². The summed E-state index contributed by atoms with van der Waals surface area (Å²) >= 11 is 0. The molecule has 0 amide bonds. The van der Waals surface area contributed by atoms with E-state index in [-0.39, 0.29) is 12.4 Å². The van der Waals surface area contributed by atoms with Crippen molar-refractivity contribution in [1.82, 2.24) is 0 Å². The van der Waals surface area contributed by atoms with Crippen molar-refractivity contribution in [3.63, 3.8) is 0 Å². The normalized spacial score (nSPS) is 10.7. The molecular weight excluding hydrogens is 253 g/mol. The van der Waals surface area contributed by atoms with Crippen LogP contribution in [0.15, 0.2) is 30.3 Å². The number of halogens is 1. The average molecular weight is 273 g/mol. The topological polar surface area (TPSA) is 35.2 Å². The van der Waals surface area contributed by atoms with Gasteiger partial charge in [0.25, 0.3) is 0 Å². The summed E-state index contributed by atoms with van der Waals surface area (Å²) in [5.41, 5.74) is 10.5. The van der Waals surface area contributed by atoms with Gasteiger partial charge in [-0.2, -0.15) is 0 Å². The number of rotatable bonds is 4. The van der Waals surface area contributed by atoms with Gasteiger partial charge in [0.15, 0.2) is 0 Å². The Morgan fingerprint density at radius 3 is 2.55 bits per heavy atom. The molecule has 2 N–H and O–H groups in total. The maximum atomic E-state index is 13.4. The van der Waals surface area contributed by atoms with Crippen molar-refractivity contribution in [2.45, 2.75) is 33.9 Å². The molecule has 2 aromatic carbocycles. The first-order valence-electron chi connectivity index (χ1n) is 6.69. The Balaban J connectivity index is 2.17. The van der Waals surface area contributed by atoms with Crippen LogP contribution in [0.4, 0.5) is 4.39 Å². The van der Waals surface area contributed by atoms with Crippen LogP contribution in [0.5, 0.6) is 5.75 Å². The van der Waals surface area contributed by atoms with Gasteiger partial charge in [0, 0.05) is 12.1 Å². The van der Waals surface area contributed by atoms with Gasteiger partial charge in [0.2, 0.25) is 0 Å². The van der Waals surface area contributed by atoms with E-state index in [0.29, 0.717) is 12.2 Å². The Morgan fingerprint density at radius 1 is 1.10 bits per heavy atom. The third-order valence-electron chi connectivity index (χ3n) is 3.49. The van der Waals surface area contributed by atoms with E-state index in [4.69, 9.17) is 10.5 Å². The monoisotopic (exact) mass is 273 g/mol. The van der Waals surface area contributed by atoms with Crippen molar-refractivity contribution in [1.29, 1.82) is 0 Å². The molecule has 0 aliphatic heterocycles. The van der Waals surface area contributed by atoms with E-state index in [1.165, 1.54) is 17.2 Å². The van der Waals surface area contributed by atoms with Gasteiger partial charge in [0.05, 0.1) is 0 Å². The first-order valence-corrected chi connectivity index (χ1v) is 6.69. The van der Waals surface area contributed by atoms with E-state index in [0.717, 1.165) is 16.9 Å². The van der Waals surface area contributed by atoms with E-state index in [9.17, 15) is 4.39 Å². The van der Waals surface area contributed by atoms with Gasteiger partial charge >= 0.3 is 0 Å². The first kappa shape index (κ1) is 14.5. The minimum Gasteiger partial charge on any atom is -0.489 e. The van der Waals surface area contributed by atoms with Gasteiger partial charge in [0.1, 0.15) is 18.2 Å². The molecule has 0 radical (unpaired) electrons. The summed E-state index contributed by atoms with van der Waals surface area (Å²) in [6.45, 7) is 6.77. The van der Waals surface area contributed by atoms with Crippen molar-refractivity contribution in [2.75, 3.05) is 0 Å². The molecule has 0 bridgehead atoms. The number of nitrogens with two attached hydrogens (primary N) is 1. The Bertz CT molecular complexity index is 623. The van der Waals surface area contributed by atoms with E-state index < -0.39 is 0 Å². The molecule has 0 unspecified atom stereocenters. The van der Waals surface area contributed by atoms with E-state index in [2.05, 4.69) is 13.0 Å². The van der Waals surface area contributed by atoms with Gasteiger partial charge in [-0.15, -0.1) is 0 Å². The quantitative estimate of drug-likeness (QED) is 0.920. The Labute approximate surface area is 119 Å². The van der Waals surface area contributed by atoms with E-state index in [1.807, 2.05) is 19.9 Å². The van der Waals surface area contributed by atoms with Crippen LogP contribution < -0.4 is 10.5 Å². The lowest BCUT2D eigenvalue weighted by atomic mass is 10.1. The Kier molecular flexibility index (Phi) is 4.40. The summed E-state index contributed by atoms with van der Waals surface area (Å²) < 4.78 is 19.2. The number of hydrogen-bond acceptors (Lipinski definition) is 2. The van der Waals surface area contributed by atoms with Gasteiger partial charge in [-0.05, 0) is 61.2 Å². The highest BCUT2D eigenvalue weighted by molar-refractivity contribution is 5.42. The lowest BCUT2D eigenvalue weighted by Crippen LogP contribution is -2.03. The number of benzene rings is 2. The first-order chi connectivity index (χ1) is 9.51. The molecule has 0 fully saturated rings. The second kappa shape index (κ2) is 6.06. The predicted molar refractivity (Wildman–Crippen MR) is 79.3 cm³/mol. The zero-order valence-electron chi connectivity index (χ0n) is 12.2. The number of ether oxygens (including phenoxy) is 1. The fraction of sp³-hybridized carbons (Fsp3) is 0.294. The standard InChI is InChI=1S/C17H20FNO/c1-11-6-12(2)13(3)17(7-11)20-10-14-4-5-16(18)15(8-14)9-19/h4-8H,9-10,19H2,1-3H3. The summed E-state index contributed by atoms with van der Waals surface area (Å²) in [6.07, 6.45) is 0. The maximum Gasteiger partial charge on any atom is 0.127 e. The molecule has 0 aliphatic carbocycles. The van der Waals surface area contributed by atoms with Gasteiger partial charge < -0.3 is 10.5 Å². The lowest BCUT2D eigenvalue weighted by Gasteiger charge is -2.13. The molecule has 0 atom stereocenters. The summed E-state index contributed by atoms with van der Waals surface area (Å²) in [5, 5.41) is 0. The highest BCUT2D eigenvalue weighted by atomic mass is 19.1. The number of hydrogen-bond donors (Lipinski definition) is 1. The van der Waals surface area contributed by atoms with Gasteiger partial charge in [-0.25, -0.2) is 4.39 Å². The predicted octanol–water partition coefficient (Wildman–Crippen LogP) is 3.79. The molecule has 0 saturated carbocycles. The molecule has 2 rings (SSSR count).